The molecule has 6 heteroatoms. The maximum Gasteiger partial charge on any atom is 0.303 e. The second kappa shape index (κ2) is 9.50. The van der Waals surface area contributed by atoms with Crippen LogP contribution in [0.2, 0.25) is 0 Å². The van der Waals surface area contributed by atoms with E-state index in [1.807, 2.05) is 0 Å². The lowest BCUT2D eigenvalue weighted by molar-refractivity contribution is -0.137. The fraction of sp³-hybridized carbons (Fsp3) is 0.533. The Balaban J connectivity index is 2.36. The van der Waals surface area contributed by atoms with Crippen LogP contribution in [0, 0.1) is 5.92 Å². The number of carboxylic acids is 1. The third kappa shape index (κ3) is 7.22. The summed E-state index contributed by atoms with van der Waals surface area (Å²) in [4.78, 5) is 26.5. The van der Waals surface area contributed by atoms with E-state index in [-0.39, 0.29) is 12.3 Å². The molecule has 1 unspecified atom stereocenters. The van der Waals surface area contributed by atoms with E-state index in [0.717, 1.165) is 23.7 Å². The Morgan fingerprint density at radius 2 is 2.10 bits per heavy atom. The zero-order valence-corrected chi connectivity index (χ0v) is 13.7. The molecule has 0 spiro atoms. The second-order valence-electron chi connectivity index (χ2n) is 4.99. The predicted octanol–water partition coefficient (Wildman–Crippen LogP) is 3.25. The number of hydrogen-bond acceptors (Lipinski definition) is 3. The van der Waals surface area contributed by atoms with Gasteiger partial charge in [-0.1, -0.05) is 19.8 Å². The highest BCUT2D eigenvalue weighted by Gasteiger charge is 2.12. The van der Waals surface area contributed by atoms with Crippen molar-refractivity contribution in [2.24, 2.45) is 5.92 Å². The Labute approximate surface area is 133 Å². The molecule has 2 N–H and O–H groups in total. The molecule has 1 rings (SSSR count). The number of carboxylic acid groups (broad SMARTS) is 1. The number of carbonyl (C=O) groups excluding carboxylic acids is 1. The fourth-order valence-corrected chi connectivity index (χ4v) is 2.39. The van der Waals surface area contributed by atoms with Gasteiger partial charge in [-0.15, -0.1) is 0 Å². The first kappa shape index (κ1) is 17.6. The number of carbonyl (C=O) groups is 2. The van der Waals surface area contributed by atoms with E-state index in [2.05, 4.69) is 33.2 Å². The van der Waals surface area contributed by atoms with Gasteiger partial charge in [0.25, 0.3) is 5.91 Å². The monoisotopic (exact) mass is 356 g/mol. The summed E-state index contributed by atoms with van der Waals surface area (Å²) < 4.78 is 0.829. The van der Waals surface area contributed by atoms with Gasteiger partial charge in [-0.3, -0.25) is 9.59 Å². The van der Waals surface area contributed by atoms with Crippen LogP contribution in [-0.2, 0) is 4.79 Å². The minimum atomic E-state index is -0.765. The van der Waals surface area contributed by atoms with Crippen molar-refractivity contribution in [2.75, 3.05) is 6.54 Å². The molecule has 116 valence electrons. The quantitative estimate of drug-likeness (QED) is 0.711. The maximum atomic E-state index is 11.9. The van der Waals surface area contributed by atoms with Crippen molar-refractivity contribution in [3.8, 4) is 0 Å². The minimum absolute atomic E-state index is 0.187. The van der Waals surface area contributed by atoms with Gasteiger partial charge in [0, 0.05) is 23.6 Å². The summed E-state index contributed by atoms with van der Waals surface area (Å²) in [6, 6.07) is 3.43. The van der Waals surface area contributed by atoms with Gasteiger partial charge in [0.1, 0.15) is 5.69 Å². The third-order valence-corrected chi connectivity index (χ3v) is 3.73. The van der Waals surface area contributed by atoms with Crippen molar-refractivity contribution in [2.45, 2.75) is 39.0 Å². The summed E-state index contributed by atoms with van der Waals surface area (Å²) in [5.41, 5.74) is 0.385. The predicted molar refractivity (Wildman–Crippen MR) is 84.2 cm³/mol. The van der Waals surface area contributed by atoms with E-state index in [0.29, 0.717) is 24.6 Å². The van der Waals surface area contributed by atoms with E-state index in [4.69, 9.17) is 5.11 Å². The van der Waals surface area contributed by atoms with Gasteiger partial charge in [0.05, 0.1) is 0 Å². The van der Waals surface area contributed by atoms with Gasteiger partial charge < -0.3 is 10.4 Å². The molecule has 21 heavy (non-hydrogen) atoms. The van der Waals surface area contributed by atoms with Gasteiger partial charge in [-0.2, -0.15) is 0 Å². The van der Waals surface area contributed by atoms with Crippen LogP contribution < -0.4 is 5.32 Å². The molecule has 0 aromatic carbocycles. The van der Waals surface area contributed by atoms with Crippen molar-refractivity contribution in [3.63, 3.8) is 0 Å². The molecule has 0 aliphatic heterocycles. The molecule has 0 radical (unpaired) electrons. The van der Waals surface area contributed by atoms with Crippen molar-refractivity contribution < 1.29 is 14.7 Å². The molecule has 1 heterocycles. The first-order valence-electron chi connectivity index (χ1n) is 7.14. The average molecular weight is 357 g/mol. The van der Waals surface area contributed by atoms with Crippen molar-refractivity contribution >= 4 is 27.8 Å². The molecule has 1 amide bonds. The lowest BCUT2D eigenvalue weighted by Gasteiger charge is -2.15. The Bertz CT molecular complexity index is 462. The minimum Gasteiger partial charge on any atom is -0.481 e. The Morgan fingerprint density at radius 1 is 1.33 bits per heavy atom. The summed E-state index contributed by atoms with van der Waals surface area (Å²) in [5.74, 6) is -0.625. The summed E-state index contributed by atoms with van der Waals surface area (Å²) in [6.07, 6.45) is 5.24. The zero-order chi connectivity index (χ0) is 15.7. The topological polar surface area (TPSA) is 79.3 Å². The first-order chi connectivity index (χ1) is 10.0. The molecule has 0 saturated heterocycles. The molecule has 1 aromatic heterocycles. The molecule has 5 nitrogen and oxygen atoms in total. The van der Waals surface area contributed by atoms with Crippen molar-refractivity contribution in [1.29, 1.82) is 0 Å². The molecular formula is C15H21BrN2O3. The van der Waals surface area contributed by atoms with Crippen molar-refractivity contribution in [1.82, 2.24) is 10.3 Å². The first-order valence-corrected chi connectivity index (χ1v) is 7.93. The van der Waals surface area contributed by atoms with Crippen LogP contribution in [0.3, 0.4) is 0 Å². The van der Waals surface area contributed by atoms with Gasteiger partial charge in [0.15, 0.2) is 0 Å². The van der Waals surface area contributed by atoms with E-state index in [9.17, 15) is 9.59 Å². The van der Waals surface area contributed by atoms with Crippen LogP contribution in [0.4, 0.5) is 0 Å². The summed E-state index contributed by atoms with van der Waals surface area (Å²) >= 11 is 3.27. The number of nitrogens with one attached hydrogen (secondary N) is 1. The van der Waals surface area contributed by atoms with E-state index in [1.54, 1.807) is 18.3 Å². The highest BCUT2D eigenvalue weighted by atomic mass is 79.9. The van der Waals surface area contributed by atoms with E-state index in [1.165, 1.54) is 0 Å². The van der Waals surface area contributed by atoms with Gasteiger partial charge in [-0.05, 0) is 46.8 Å². The number of pyridine rings is 1. The summed E-state index contributed by atoms with van der Waals surface area (Å²) in [6.45, 7) is 2.62. The Kier molecular flexibility index (Phi) is 7.97. The number of amides is 1. The number of rotatable bonds is 9. The highest BCUT2D eigenvalue weighted by molar-refractivity contribution is 9.10. The van der Waals surface area contributed by atoms with Crippen LogP contribution in [0.5, 0.6) is 0 Å². The molecule has 1 atom stereocenters. The highest BCUT2D eigenvalue weighted by Crippen LogP contribution is 2.17. The normalized spacial score (nSPS) is 11.9. The molecule has 1 aromatic rings. The van der Waals surface area contributed by atoms with E-state index >= 15 is 0 Å². The van der Waals surface area contributed by atoms with Crippen LogP contribution in [0.15, 0.2) is 22.8 Å². The number of nitrogens with zero attached hydrogens (tertiary/aromatic N) is 1. The second-order valence-corrected chi connectivity index (χ2v) is 5.91. The number of halogens is 1. The van der Waals surface area contributed by atoms with Crippen LogP contribution in [-0.4, -0.2) is 28.5 Å². The lowest BCUT2D eigenvalue weighted by atomic mass is 9.94. The molecule has 0 aliphatic rings. The van der Waals surface area contributed by atoms with Crippen LogP contribution in [0.1, 0.15) is 49.5 Å². The number of hydrogen-bond donors (Lipinski definition) is 2. The SMILES string of the molecule is CCCC(CCNC(=O)c1ccc(Br)cn1)CCC(=O)O. The Hall–Kier alpha value is -1.43. The van der Waals surface area contributed by atoms with Crippen LogP contribution in [0.25, 0.3) is 0 Å². The Morgan fingerprint density at radius 3 is 2.67 bits per heavy atom. The summed E-state index contributed by atoms with van der Waals surface area (Å²) in [5, 5.41) is 11.6. The van der Waals surface area contributed by atoms with E-state index < -0.39 is 5.97 Å². The van der Waals surface area contributed by atoms with Gasteiger partial charge in [0.2, 0.25) is 0 Å². The van der Waals surface area contributed by atoms with Crippen LogP contribution >= 0.6 is 15.9 Å². The lowest BCUT2D eigenvalue weighted by Crippen LogP contribution is -2.26. The van der Waals surface area contributed by atoms with Gasteiger partial charge >= 0.3 is 5.97 Å². The number of aromatic nitrogens is 1. The molecule has 0 aliphatic carbocycles. The standard InChI is InChI=1S/C15H21BrN2O3/c1-2-3-11(4-7-14(19)20)8-9-17-15(21)13-6-5-12(16)10-18-13/h5-6,10-11H,2-4,7-9H2,1H3,(H,17,21)(H,19,20). The largest absolute Gasteiger partial charge is 0.481 e. The fourth-order valence-electron chi connectivity index (χ4n) is 2.16. The third-order valence-electron chi connectivity index (χ3n) is 3.26. The maximum absolute atomic E-state index is 11.9. The van der Waals surface area contributed by atoms with Crippen molar-refractivity contribution in [3.05, 3.63) is 28.5 Å². The molecular weight excluding hydrogens is 336 g/mol. The molecule has 0 fully saturated rings. The molecule has 0 bridgehead atoms. The zero-order valence-electron chi connectivity index (χ0n) is 12.1. The average Bonchev–Trinajstić information content (AvgIpc) is 2.45. The summed E-state index contributed by atoms with van der Waals surface area (Å²) in [7, 11) is 0. The molecule has 0 saturated carbocycles. The van der Waals surface area contributed by atoms with Gasteiger partial charge in [-0.25, -0.2) is 4.98 Å². The number of aliphatic carboxylic acids is 1. The smallest absolute Gasteiger partial charge is 0.303 e.